The summed E-state index contributed by atoms with van der Waals surface area (Å²) in [6.07, 6.45) is 1.90. The highest BCUT2D eigenvalue weighted by molar-refractivity contribution is 8.26. The van der Waals surface area contributed by atoms with Gasteiger partial charge in [0.25, 0.3) is 5.91 Å². The molecule has 1 amide bonds. The lowest BCUT2D eigenvalue weighted by Gasteiger charge is -2.23. The number of hydrogen-bond acceptors (Lipinski definition) is 5. The maximum absolute atomic E-state index is 12.8. The molecule has 2 aromatic carbocycles. The number of benzene rings is 2. The number of ether oxygens (including phenoxy) is 1. The molecule has 0 aliphatic carbocycles. The summed E-state index contributed by atoms with van der Waals surface area (Å²) >= 11 is 6.42. The molecule has 1 fully saturated rings. The zero-order valence-electron chi connectivity index (χ0n) is 14.5. The highest BCUT2D eigenvalue weighted by atomic mass is 32.2. The second-order valence-corrected chi connectivity index (χ2v) is 7.54. The van der Waals surface area contributed by atoms with Gasteiger partial charge in [0.1, 0.15) is 16.1 Å². The molecule has 5 nitrogen and oxygen atoms in total. The first-order chi connectivity index (χ1) is 13.0. The first-order valence-corrected chi connectivity index (χ1v) is 9.40. The fraction of sp³-hybridized carbons (Fsp3) is 0.150. The van der Waals surface area contributed by atoms with Gasteiger partial charge in [0.15, 0.2) is 0 Å². The largest absolute Gasteiger partial charge is 0.497 e. The number of nitrogens with zero attached hydrogens (tertiary/aromatic N) is 1. The smallest absolute Gasteiger partial charge is 0.327 e. The zero-order chi connectivity index (χ0) is 19.4. The molecule has 2 aromatic rings. The third-order valence-electron chi connectivity index (χ3n) is 4.11. The quantitative estimate of drug-likeness (QED) is 0.591. The topological polar surface area (TPSA) is 66.8 Å². The van der Waals surface area contributed by atoms with E-state index in [1.165, 1.54) is 4.90 Å². The number of aliphatic carboxylic acids is 1. The summed E-state index contributed by atoms with van der Waals surface area (Å²) in [6.45, 7) is 0. The van der Waals surface area contributed by atoms with Crippen LogP contribution >= 0.6 is 24.0 Å². The van der Waals surface area contributed by atoms with Gasteiger partial charge in [0.05, 0.1) is 12.0 Å². The number of rotatable bonds is 6. The van der Waals surface area contributed by atoms with E-state index in [4.69, 9.17) is 17.0 Å². The summed E-state index contributed by atoms with van der Waals surface area (Å²) in [7, 11) is 1.58. The number of amides is 1. The number of carboxylic acid groups (broad SMARTS) is 1. The second-order valence-electron chi connectivity index (χ2n) is 5.87. The summed E-state index contributed by atoms with van der Waals surface area (Å²) < 4.78 is 5.37. The molecule has 1 aliphatic rings. The molecule has 1 unspecified atom stereocenters. The molecule has 0 bridgehead atoms. The van der Waals surface area contributed by atoms with E-state index < -0.39 is 12.0 Å². The van der Waals surface area contributed by atoms with Gasteiger partial charge < -0.3 is 9.84 Å². The first kappa shape index (κ1) is 19.1. The number of thiocarbonyl (C=S) groups is 1. The second kappa shape index (κ2) is 8.37. The Morgan fingerprint density at radius 2 is 1.89 bits per heavy atom. The van der Waals surface area contributed by atoms with Crippen LogP contribution in [-0.4, -0.2) is 39.4 Å². The standard InChI is InChI=1S/C20H17NO4S2/c1-25-15-9-7-14(8-10-15)12-17-18(22)21(20(26)27-17)16(19(23)24)11-13-5-3-2-4-6-13/h2-10,12,16H,11H2,1H3,(H,23,24)/b17-12+. The molecule has 0 spiro atoms. The van der Waals surface area contributed by atoms with Crippen LogP contribution in [0.5, 0.6) is 5.75 Å². The molecular weight excluding hydrogens is 382 g/mol. The van der Waals surface area contributed by atoms with E-state index in [2.05, 4.69) is 0 Å². The third kappa shape index (κ3) is 4.37. The maximum Gasteiger partial charge on any atom is 0.327 e. The van der Waals surface area contributed by atoms with Gasteiger partial charge in [-0.15, -0.1) is 0 Å². The fourth-order valence-electron chi connectivity index (χ4n) is 2.73. The number of carboxylic acids is 1. The van der Waals surface area contributed by atoms with Crippen LogP contribution in [0.3, 0.4) is 0 Å². The van der Waals surface area contributed by atoms with Crippen LogP contribution in [-0.2, 0) is 16.0 Å². The van der Waals surface area contributed by atoms with Crippen LogP contribution in [0.25, 0.3) is 6.08 Å². The van der Waals surface area contributed by atoms with Gasteiger partial charge in [0.2, 0.25) is 0 Å². The number of carbonyl (C=O) groups excluding carboxylic acids is 1. The van der Waals surface area contributed by atoms with Gasteiger partial charge in [-0.25, -0.2) is 4.79 Å². The van der Waals surface area contributed by atoms with Crippen molar-refractivity contribution >= 4 is 46.3 Å². The van der Waals surface area contributed by atoms with Crippen LogP contribution < -0.4 is 4.74 Å². The molecule has 0 radical (unpaired) electrons. The predicted molar refractivity (Wildman–Crippen MR) is 110 cm³/mol. The van der Waals surface area contributed by atoms with Gasteiger partial charge in [-0.2, -0.15) is 0 Å². The molecule has 138 valence electrons. The molecule has 1 N–H and O–H groups in total. The van der Waals surface area contributed by atoms with Gasteiger partial charge >= 0.3 is 5.97 Å². The molecule has 1 atom stereocenters. The van der Waals surface area contributed by atoms with E-state index in [1.54, 1.807) is 25.3 Å². The van der Waals surface area contributed by atoms with Crippen molar-refractivity contribution in [3.63, 3.8) is 0 Å². The third-order valence-corrected chi connectivity index (χ3v) is 5.44. The Bertz CT molecular complexity index is 894. The normalized spacial score (nSPS) is 16.6. The Morgan fingerprint density at radius 1 is 1.22 bits per heavy atom. The van der Waals surface area contributed by atoms with Crippen LogP contribution in [0, 0.1) is 0 Å². The summed E-state index contributed by atoms with van der Waals surface area (Å²) in [5, 5.41) is 9.67. The molecule has 1 heterocycles. The SMILES string of the molecule is COc1ccc(/C=C2/SC(=S)N(C(Cc3ccccc3)C(=O)O)C2=O)cc1. The molecular formula is C20H17NO4S2. The predicted octanol–water partition coefficient (Wildman–Crippen LogP) is 3.59. The molecule has 27 heavy (non-hydrogen) atoms. The highest BCUT2D eigenvalue weighted by Crippen LogP contribution is 2.35. The van der Waals surface area contributed by atoms with Gasteiger partial charge in [0, 0.05) is 6.42 Å². The van der Waals surface area contributed by atoms with Crippen molar-refractivity contribution < 1.29 is 19.4 Å². The number of hydrogen-bond donors (Lipinski definition) is 1. The number of carbonyl (C=O) groups is 2. The zero-order valence-corrected chi connectivity index (χ0v) is 16.1. The van der Waals surface area contributed by atoms with E-state index in [0.29, 0.717) is 10.7 Å². The van der Waals surface area contributed by atoms with E-state index in [1.807, 2.05) is 42.5 Å². The number of methoxy groups -OCH3 is 1. The summed E-state index contributed by atoms with van der Waals surface area (Å²) in [5.41, 5.74) is 1.64. The lowest BCUT2D eigenvalue weighted by Crippen LogP contribution is -2.45. The lowest BCUT2D eigenvalue weighted by molar-refractivity contribution is -0.145. The molecule has 0 saturated carbocycles. The van der Waals surface area contributed by atoms with E-state index in [9.17, 15) is 14.7 Å². The minimum absolute atomic E-state index is 0.193. The first-order valence-electron chi connectivity index (χ1n) is 8.17. The minimum atomic E-state index is -1.08. The van der Waals surface area contributed by atoms with Gasteiger partial charge in [-0.3, -0.25) is 9.69 Å². The highest BCUT2D eigenvalue weighted by Gasteiger charge is 2.40. The Morgan fingerprint density at radius 3 is 2.48 bits per heavy atom. The summed E-state index contributed by atoms with van der Waals surface area (Å²) in [5.74, 6) is -0.751. The van der Waals surface area contributed by atoms with Crippen LogP contribution in [0.1, 0.15) is 11.1 Å². The monoisotopic (exact) mass is 399 g/mol. The molecule has 0 aromatic heterocycles. The van der Waals surface area contributed by atoms with Crippen LogP contribution in [0.4, 0.5) is 0 Å². The van der Waals surface area contributed by atoms with Crippen molar-refractivity contribution in [1.82, 2.24) is 4.90 Å². The Kier molecular flexibility index (Phi) is 5.93. The van der Waals surface area contributed by atoms with Gasteiger partial charge in [-0.05, 0) is 29.3 Å². The molecule has 7 heteroatoms. The van der Waals surface area contributed by atoms with E-state index in [0.717, 1.165) is 22.9 Å². The fourth-order valence-corrected chi connectivity index (χ4v) is 4.08. The Hall–Kier alpha value is -2.64. The van der Waals surface area contributed by atoms with Crippen molar-refractivity contribution in [2.75, 3.05) is 7.11 Å². The van der Waals surface area contributed by atoms with Crippen molar-refractivity contribution in [1.29, 1.82) is 0 Å². The van der Waals surface area contributed by atoms with Crippen molar-refractivity contribution in [2.24, 2.45) is 0 Å². The van der Waals surface area contributed by atoms with Crippen LogP contribution in [0.15, 0.2) is 59.5 Å². The van der Waals surface area contributed by atoms with E-state index >= 15 is 0 Å². The molecule has 1 aliphatic heterocycles. The Balaban J connectivity index is 1.84. The lowest BCUT2D eigenvalue weighted by atomic mass is 10.0. The van der Waals surface area contributed by atoms with E-state index in [-0.39, 0.29) is 16.6 Å². The Labute approximate surface area is 166 Å². The summed E-state index contributed by atoms with van der Waals surface area (Å²) in [4.78, 5) is 26.3. The minimum Gasteiger partial charge on any atom is -0.497 e. The summed E-state index contributed by atoms with van der Waals surface area (Å²) in [6, 6.07) is 15.4. The van der Waals surface area contributed by atoms with Crippen molar-refractivity contribution in [2.45, 2.75) is 12.5 Å². The van der Waals surface area contributed by atoms with Crippen molar-refractivity contribution in [3.8, 4) is 5.75 Å². The van der Waals surface area contributed by atoms with Gasteiger partial charge in [-0.1, -0.05) is 66.4 Å². The van der Waals surface area contributed by atoms with Crippen molar-refractivity contribution in [3.05, 3.63) is 70.6 Å². The average molecular weight is 399 g/mol. The molecule has 1 saturated heterocycles. The maximum atomic E-state index is 12.8. The average Bonchev–Trinajstić information content (AvgIpc) is 2.94. The molecule has 3 rings (SSSR count). The van der Waals surface area contributed by atoms with Crippen LogP contribution in [0.2, 0.25) is 0 Å². The number of thioether (sulfide) groups is 1.